The summed E-state index contributed by atoms with van der Waals surface area (Å²) < 4.78 is 0. The Balaban J connectivity index is 2.36. The van der Waals surface area contributed by atoms with Crippen molar-refractivity contribution in [1.29, 1.82) is 0 Å². The van der Waals surface area contributed by atoms with E-state index in [0.29, 0.717) is 5.56 Å². The lowest BCUT2D eigenvalue weighted by Gasteiger charge is -2.17. The van der Waals surface area contributed by atoms with Crippen molar-refractivity contribution in [2.24, 2.45) is 10.9 Å². The van der Waals surface area contributed by atoms with Crippen LogP contribution in [0.1, 0.15) is 12.5 Å². The van der Waals surface area contributed by atoms with Gasteiger partial charge in [0, 0.05) is 0 Å². The van der Waals surface area contributed by atoms with Gasteiger partial charge in [0.25, 0.3) is 11.8 Å². The van der Waals surface area contributed by atoms with Gasteiger partial charge < -0.3 is 16.3 Å². The van der Waals surface area contributed by atoms with Gasteiger partial charge in [0.15, 0.2) is 5.54 Å². The lowest BCUT2D eigenvalue weighted by Crippen LogP contribution is -2.54. The Morgan fingerprint density at radius 2 is 2.00 bits per heavy atom. The number of carbonyl (C=O) groups is 3. The first-order valence-electron chi connectivity index (χ1n) is 5.64. The highest BCUT2D eigenvalue weighted by molar-refractivity contribution is 6.30. The fourth-order valence-corrected chi connectivity index (χ4v) is 1.82. The molecule has 8 heteroatoms. The van der Waals surface area contributed by atoms with Crippen LogP contribution in [0.15, 0.2) is 29.4 Å². The molecule has 1 unspecified atom stereocenters. The molecular formula is C12H12N4O4. The lowest BCUT2D eigenvalue weighted by molar-refractivity contribution is -0.132. The van der Waals surface area contributed by atoms with Crippen molar-refractivity contribution >= 4 is 29.7 Å². The fraction of sp³-hybridized carbons (Fsp3) is 0.167. The smallest absolute Gasteiger partial charge is 0.330 e. The molecular weight excluding hydrogens is 264 g/mol. The molecule has 4 N–H and O–H groups in total. The van der Waals surface area contributed by atoms with Crippen molar-refractivity contribution < 1.29 is 19.6 Å². The van der Waals surface area contributed by atoms with Gasteiger partial charge in [0.1, 0.15) is 0 Å². The molecule has 1 aromatic rings. The van der Waals surface area contributed by atoms with Gasteiger partial charge in [-0.05, 0) is 24.6 Å². The predicted octanol–water partition coefficient (Wildman–Crippen LogP) is -0.205. The number of amides is 4. The number of anilines is 1. The molecule has 20 heavy (non-hydrogen) atoms. The number of nitrogens with zero attached hydrogens (tertiary/aromatic N) is 2. The van der Waals surface area contributed by atoms with Gasteiger partial charge >= 0.3 is 6.03 Å². The summed E-state index contributed by atoms with van der Waals surface area (Å²) in [5, 5.41) is 13.5. The minimum atomic E-state index is -1.75. The molecule has 0 spiro atoms. The topological polar surface area (TPSA) is 125 Å². The van der Waals surface area contributed by atoms with Gasteiger partial charge in [-0.25, -0.2) is 9.69 Å². The molecule has 0 bridgehead atoms. The number of nitrogens with one attached hydrogen (secondary N) is 1. The number of imide groups is 1. The molecule has 0 aliphatic carbocycles. The van der Waals surface area contributed by atoms with Crippen LogP contribution < -0.4 is 16.0 Å². The molecule has 104 valence electrons. The largest absolute Gasteiger partial charge is 0.411 e. The van der Waals surface area contributed by atoms with Crippen LogP contribution in [-0.2, 0) is 9.59 Å². The van der Waals surface area contributed by atoms with E-state index >= 15 is 0 Å². The summed E-state index contributed by atoms with van der Waals surface area (Å²) >= 11 is 0. The van der Waals surface area contributed by atoms with Crippen LogP contribution in [0.5, 0.6) is 0 Å². The van der Waals surface area contributed by atoms with Gasteiger partial charge in [0.2, 0.25) is 0 Å². The molecule has 2 rings (SSSR count). The van der Waals surface area contributed by atoms with Crippen molar-refractivity contribution in [3.63, 3.8) is 0 Å². The minimum absolute atomic E-state index is 0.285. The molecule has 8 nitrogen and oxygen atoms in total. The Kier molecular flexibility index (Phi) is 3.15. The van der Waals surface area contributed by atoms with Crippen LogP contribution in [0.4, 0.5) is 10.5 Å². The molecule has 1 atom stereocenters. The Hall–Kier alpha value is -2.90. The van der Waals surface area contributed by atoms with Gasteiger partial charge in [-0.1, -0.05) is 17.3 Å². The normalized spacial score (nSPS) is 22.4. The first kappa shape index (κ1) is 13.5. The molecule has 1 aliphatic rings. The standard InChI is InChI=1S/C12H12N4O4/c1-12(9(13)17)10(18)16(11(19)15-12)8-4-2-7(3-5-8)6-14-20/h2-6,20H,1H3,(H2,13,17)(H,15,19). The Morgan fingerprint density at radius 1 is 1.40 bits per heavy atom. The number of urea groups is 1. The monoisotopic (exact) mass is 276 g/mol. The molecule has 4 amide bonds. The number of hydrogen-bond acceptors (Lipinski definition) is 5. The second-order valence-electron chi connectivity index (χ2n) is 4.40. The lowest BCUT2D eigenvalue weighted by atomic mass is 10.0. The number of benzene rings is 1. The van der Waals surface area contributed by atoms with Gasteiger partial charge in [-0.15, -0.1) is 0 Å². The maximum atomic E-state index is 12.2. The van der Waals surface area contributed by atoms with Gasteiger partial charge in [-0.3, -0.25) is 9.59 Å². The van der Waals surface area contributed by atoms with E-state index in [9.17, 15) is 14.4 Å². The maximum Gasteiger partial charge on any atom is 0.330 e. The van der Waals surface area contributed by atoms with Crippen LogP contribution >= 0.6 is 0 Å². The number of hydrogen-bond donors (Lipinski definition) is 3. The van der Waals surface area contributed by atoms with Crippen molar-refractivity contribution in [1.82, 2.24) is 5.32 Å². The van der Waals surface area contributed by atoms with E-state index in [1.54, 1.807) is 12.1 Å². The van der Waals surface area contributed by atoms with Crippen LogP contribution in [0, 0.1) is 0 Å². The SMILES string of the molecule is CC1(C(N)=O)NC(=O)N(c2ccc(C=NO)cc2)C1=O. The molecule has 1 saturated heterocycles. The minimum Gasteiger partial charge on any atom is -0.411 e. The van der Waals surface area contributed by atoms with E-state index in [0.717, 1.165) is 4.90 Å². The second kappa shape index (κ2) is 4.65. The van der Waals surface area contributed by atoms with E-state index in [-0.39, 0.29) is 5.69 Å². The highest BCUT2D eigenvalue weighted by atomic mass is 16.4. The predicted molar refractivity (Wildman–Crippen MR) is 69.4 cm³/mol. The van der Waals surface area contributed by atoms with Crippen LogP contribution in [0.3, 0.4) is 0 Å². The number of carbonyl (C=O) groups excluding carboxylic acids is 3. The van der Waals surface area contributed by atoms with Crippen molar-refractivity contribution in [2.75, 3.05) is 4.90 Å². The summed E-state index contributed by atoms with van der Waals surface area (Å²) in [6.45, 7) is 1.25. The third kappa shape index (κ3) is 1.96. The highest BCUT2D eigenvalue weighted by Crippen LogP contribution is 2.24. The van der Waals surface area contributed by atoms with Crippen molar-refractivity contribution in [3.8, 4) is 0 Å². The van der Waals surface area contributed by atoms with E-state index in [4.69, 9.17) is 10.9 Å². The molecule has 1 heterocycles. The number of oxime groups is 1. The first-order valence-corrected chi connectivity index (χ1v) is 5.64. The Bertz CT molecular complexity index is 610. The number of nitrogens with two attached hydrogens (primary N) is 1. The maximum absolute atomic E-state index is 12.2. The highest BCUT2D eigenvalue weighted by Gasteiger charge is 2.52. The molecule has 1 aromatic carbocycles. The van der Waals surface area contributed by atoms with Gasteiger partial charge in [0.05, 0.1) is 11.9 Å². The first-order chi connectivity index (χ1) is 9.40. The number of rotatable bonds is 3. The quantitative estimate of drug-likeness (QED) is 0.232. The number of primary amides is 1. The molecule has 1 fully saturated rings. The van der Waals surface area contributed by atoms with E-state index in [1.807, 2.05) is 0 Å². The summed E-state index contributed by atoms with van der Waals surface area (Å²) in [6, 6.07) is 5.35. The van der Waals surface area contributed by atoms with E-state index in [1.165, 1.54) is 25.3 Å². The van der Waals surface area contributed by atoms with Crippen LogP contribution in [0.25, 0.3) is 0 Å². The summed E-state index contributed by atoms with van der Waals surface area (Å²) in [5.74, 6) is -1.67. The summed E-state index contributed by atoms with van der Waals surface area (Å²) in [7, 11) is 0. The zero-order valence-electron chi connectivity index (χ0n) is 10.5. The molecule has 0 aromatic heterocycles. The summed E-state index contributed by atoms with van der Waals surface area (Å²) in [6.07, 6.45) is 1.20. The zero-order chi connectivity index (χ0) is 14.9. The second-order valence-corrected chi connectivity index (χ2v) is 4.40. The average molecular weight is 276 g/mol. The average Bonchev–Trinajstić information content (AvgIpc) is 2.63. The van der Waals surface area contributed by atoms with E-state index < -0.39 is 23.4 Å². The summed E-state index contributed by atoms with van der Waals surface area (Å²) in [4.78, 5) is 36.1. The van der Waals surface area contributed by atoms with Crippen molar-refractivity contribution in [3.05, 3.63) is 29.8 Å². The van der Waals surface area contributed by atoms with Gasteiger partial charge in [-0.2, -0.15) is 0 Å². The third-order valence-corrected chi connectivity index (χ3v) is 3.04. The fourth-order valence-electron chi connectivity index (χ4n) is 1.82. The molecule has 0 saturated carbocycles. The molecule has 0 radical (unpaired) electrons. The Morgan fingerprint density at radius 3 is 2.45 bits per heavy atom. The third-order valence-electron chi connectivity index (χ3n) is 3.04. The van der Waals surface area contributed by atoms with Crippen molar-refractivity contribution in [2.45, 2.75) is 12.5 Å². The Labute approximate surface area is 113 Å². The molecule has 1 aliphatic heterocycles. The zero-order valence-corrected chi connectivity index (χ0v) is 10.5. The van der Waals surface area contributed by atoms with Crippen LogP contribution in [-0.4, -0.2) is 34.8 Å². The van der Waals surface area contributed by atoms with E-state index in [2.05, 4.69) is 10.5 Å². The summed E-state index contributed by atoms with van der Waals surface area (Å²) in [5.41, 5.74) is 4.26. The van der Waals surface area contributed by atoms with Crippen LogP contribution in [0.2, 0.25) is 0 Å².